The van der Waals surface area contributed by atoms with Crippen molar-refractivity contribution in [2.45, 2.75) is 33.4 Å². The summed E-state index contributed by atoms with van der Waals surface area (Å²) in [4.78, 5) is 4.23. The third-order valence-electron chi connectivity index (χ3n) is 2.09. The van der Waals surface area contributed by atoms with Crippen molar-refractivity contribution in [3.05, 3.63) is 23.7 Å². The summed E-state index contributed by atoms with van der Waals surface area (Å²) in [6.45, 7) is 6.61. The van der Waals surface area contributed by atoms with E-state index in [2.05, 4.69) is 29.3 Å². The van der Waals surface area contributed by atoms with Gasteiger partial charge in [0, 0.05) is 6.04 Å². The van der Waals surface area contributed by atoms with E-state index < -0.39 is 0 Å². The predicted octanol–water partition coefficient (Wildman–Crippen LogP) is 2.14. The number of rotatable bonds is 4. The molecule has 0 atom stereocenters. The highest BCUT2D eigenvalue weighted by Gasteiger charge is 2.11. The second kappa shape index (κ2) is 4.49. The van der Waals surface area contributed by atoms with E-state index >= 15 is 0 Å². The lowest BCUT2D eigenvalue weighted by Crippen LogP contribution is -2.22. The molecule has 0 aliphatic carbocycles. The first kappa shape index (κ1) is 10.9. The van der Waals surface area contributed by atoms with Crippen LogP contribution in [0.3, 0.4) is 0 Å². The molecule has 0 spiro atoms. The molecule has 0 unspecified atom stereocenters. The van der Waals surface area contributed by atoms with E-state index in [4.69, 9.17) is 8.94 Å². The third-order valence-corrected chi connectivity index (χ3v) is 2.09. The first-order valence-corrected chi connectivity index (χ1v) is 5.28. The smallest absolute Gasteiger partial charge is 0.293 e. The number of furan rings is 1. The van der Waals surface area contributed by atoms with Gasteiger partial charge in [-0.1, -0.05) is 19.0 Å². The van der Waals surface area contributed by atoms with Gasteiger partial charge in [0.05, 0.1) is 6.54 Å². The van der Waals surface area contributed by atoms with Crippen LogP contribution in [0.5, 0.6) is 0 Å². The lowest BCUT2D eigenvalue weighted by Gasteiger charge is -2.02. The molecule has 86 valence electrons. The fourth-order valence-corrected chi connectivity index (χ4v) is 1.27. The Morgan fingerprint density at radius 1 is 1.38 bits per heavy atom. The predicted molar refractivity (Wildman–Crippen MR) is 58.7 cm³/mol. The van der Waals surface area contributed by atoms with Crippen LogP contribution in [-0.2, 0) is 6.54 Å². The molecule has 0 saturated carbocycles. The lowest BCUT2D eigenvalue weighted by atomic mass is 10.4. The topological polar surface area (TPSA) is 64.1 Å². The van der Waals surface area contributed by atoms with Crippen molar-refractivity contribution in [1.29, 1.82) is 0 Å². The molecule has 5 nitrogen and oxygen atoms in total. The molecular weight excluding hydrogens is 206 g/mol. The summed E-state index contributed by atoms with van der Waals surface area (Å²) < 4.78 is 10.5. The Kier molecular flexibility index (Phi) is 3.05. The van der Waals surface area contributed by atoms with E-state index in [9.17, 15) is 0 Å². The Labute approximate surface area is 93.8 Å². The second-order valence-corrected chi connectivity index (χ2v) is 3.96. The second-order valence-electron chi connectivity index (χ2n) is 3.96. The number of aromatic nitrogens is 2. The summed E-state index contributed by atoms with van der Waals surface area (Å²) in [6, 6.07) is 4.08. The van der Waals surface area contributed by atoms with Gasteiger partial charge in [-0.15, -0.1) is 0 Å². The van der Waals surface area contributed by atoms with Crippen LogP contribution >= 0.6 is 0 Å². The van der Waals surface area contributed by atoms with Crippen molar-refractivity contribution in [3.63, 3.8) is 0 Å². The summed E-state index contributed by atoms with van der Waals surface area (Å²) in [5.41, 5.74) is 0. The van der Waals surface area contributed by atoms with E-state index in [1.807, 2.05) is 19.1 Å². The number of hydrogen-bond acceptors (Lipinski definition) is 5. The van der Waals surface area contributed by atoms with Crippen molar-refractivity contribution in [3.8, 4) is 11.7 Å². The van der Waals surface area contributed by atoms with Crippen molar-refractivity contribution < 1.29 is 8.94 Å². The third kappa shape index (κ3) is 2.49. The van der Waals surface area contributed by atoms with Gasteiger partial charge in [-0.2, -0.15) is 4.98 Å². The van der Waals surface area contributed by atoms with Gasteiger partial charge in [0.15, 0.2) is 11.6 Å². The van der Waals surface area contributed by atoms with Crippen LogP contribution in [0.1, 0.15) is 25.4 Å². The van der Waals surface area contributed by atoms with Crippen LogP contribution < -0.4 is 5.32 Å². The maximum atomic E-state index is 5.39. The fourth-order valence-electron chi connectivity index (χ4n) is 1.27. The summed E-state index contributed by atoms with van der Waals surface area (Å²) in [7, 11) is 0. The molecule has 0 saturated heterocycles. The minimum Gasteiger partial charge on any atom is -0.456 e. The molecule has 2 aromatic rings. The molecular formula is C11H15N3O2. The molecule has 2 aromatic heterocycles. The van der Waals surface area contributed by atoms with Gasteiger partial charge in [-0.3, -0.25) is 0 Å². The van der Waals surface area contributed by atoms with Crippen molar-refractivity contribution >= 4 is 0 Å². The monoisotopic (exact) mass is 221 g/mol. The van der Waals surface area contributed by atoms with E-state index in [0.29, 0.717) is 30.1 Å². The fraction of sp³-hybridized carbons (Fsp3) is 0.455. The maximum Gasteiger partial charge on any atom is 0.293 e. The van der Waals surface area contributed by atoms with Gasteiger partial charge >= 0.3 is 0 Å². The summed E-state index contributed by atoms with van der Waals surface area (Å²) in [5.74, 6) is 2.50. The Balaban J connectivity index is 2.07. The van der Waals surface area contributed by atoms with Crippen LogP contribution in [0, 0.1) is 6.92 Å². The summed E-state index contributed by atoms with van der Waals surface area (Å²) >= 11 is 0. The minimum absolute atomic E-state index is 0.396. The quantitative estimate of drug-likeness (QED) is 0.856. The van der Waals surface area contributed by atoms with Crippen LogP contribution in [0.2, 0.25) is 0 Å². The lowest BCUT2D eigenvalue weighted by molar-refractivity contribution is 0.403. The van der Waals surface area contributed by atoms with Crippen molar-refractivity contribution in [2.75, 3.05) is 0 Å². The summed E-state index contributed by atoms with van der Waals surface area (Å²) in [5, 5.41) is 7.08. The zero-order chi connectivity index (χ0) is 11.5. The number of nitrogens with one attached hydrogen (secondary N) is 1. The molecule has 0 amide bonds. The Bertz CT molecular complexity index is 459. The SMILES string of the molecule is Cc1ccc(-c2nc(CNC(C)C)no2)o1. The molecule has 0 aromatic carbocycles. The van der Waals surface area contributed by atoms with Gasteiger partial charge in [-0.25, -0.2) is 0 Å². The van der Waals surface area contributed by atoms with Crippen LogP contribution in [0.25, 0.3) is 11.7 Å². The van der Waals surface area contributed by atoms with Gasteiger partial charge in [0.1, 0.15) is 5.76 Å². The van der Waals surface area contributed by atoms with E-state index in [1.54, 1.807) is 0 Å². The average molecular weight is 221 g/mol. The highest BCUT2D eigenvalue weighted by Crippen LogP contribution is 2.19. The van der Waals surface area contributed by atoms with Crippen molar-refractivity contribution in [1.82, 2.24) is 15.5 Å². The number of nitrogens with zero attached hydrogens (tertiary/aromatic N) is 2. The Morgan fingerprint density at radius 3 is 2.81 bits per heavy atom. The molecule has 16 heavy (non-hydrogen) atoms. The molecule has 0 bridgehead atoms. The molecule has 0 radical (unpaired) electrons. The molecule has 2 heterocycles. The standard InChI is InChI=1S/C11H15N3O2/c1-7(2)12-6-10-13-11(16-14-10)9-5-4-8(3)15-9/h4-5,7,12H,6H2,1-3H3. The van der Waals surface area contributed by atoms with Crippen LogP contribution in [-0.4, -0.2) is 16.2 Å². The van der Waals surface area contributed by atoms with Gasteiger partial charge in [0.2, 0.25) is 0 Å². The highest BCUT2D eigenvalue weighted by atomic mass is 16.5. The van der Waals surface area contributed by atoms with Gasteiger partial charge in [0.25, 0.3) is 5.89 Å². The normalized spacial score (nSPS) is 11.2. The molecule has 1 N–H and O–H groups in total. The molecule has 2 rings (SSSR count). The van der Waals surface area contributed by atoms with Gasteiger partial charge < -0.3 is 14.3 Å². The van der Waals surface area contributed by atoms with E-state index in [0.717, 1.165) is 5.76 Å². The summed E-state index contributed by atoms with van der Waals surface area (Å²) in [6.07, 6.45) is 0. The largest absolute Gasteiger partial charge is 0.456 e. The zero-order valence-corrected chi connectivity index (χ0v) is 9.65. The average Bonchev–Trinajstić information content (AvgIpc) is 2.83. The first-order chi connectivity index (χ1) is 7.65. The Hall–Kier alpha value is -1.62. The number of aryl methyl sites for hydroxylation is 1. The first-order valence-electron chi connectivity index (χ1n) is 5.28. The van der Waals surface area contributed by atoms with Gasteiger partial charge in [-0.05, 0) is 19.1 Å². The Morgan fingerprint density at radius 2 is 2.19 bits per heavy atom. The van der Waals surface area contributed by atoms with Crippen molar-refractivity contribution in [2.24, 2.45) is 0 Å². The van der Waals surface area contributed by atoms with E-state index in [1.165, 1.54) is 0 Å². The molecule has 5 heteroatoms. The number of hydrogen-bond donors (Lipinski definition) is 1. The van der Waals surface area contributed by atoms with E-state index in [-0.39, 0.29) is 0 Å². The highest BCUT2D eigenvalue weighted by molar-refractivity contribution is 5.43. The maximum absolute atomic E-state index is 5.39. The van der Waals surface area contributed by atoms with Crippen LogP contribution in [0.15, 0.2) is 21.1 Å². The molecule has 0 aliphatic rings. The molecule has 0 fully saturated rings. The minimum atomic E-state index is 0.396. The molecule has 0 aliphatic heterocycles. The van der Waals surface area contributed by atoms with Crippen LogP contribution in [0.4, 0.5) is 0 Å². The zero-order valence-electron chi connectivity index (χ0n) is 9.65.